The van der Waals surface area contributed by atoms with Gasteiger partial charge in [0.15, 0.2) is 18.1 Å². The van der Waals surface area contributed by atoms with Crippen molar-refractivity contribution in [2.45, 2.75) is 19.4 Å². The highest BCUT2D eigenvalue weighted by atomic mass is 16.5. The number of aryl methyl sites for hydroxylation is 1. The van der Waals surface area contributed by atoms with E-state index in [-0.39, 0.29) is 18.9 Å². The Balaban J connectivity index is 1.41. The molecule has 0 saturated carbocycles. The minimum Gasteiger partial charge on any atom is -0.493 e. The van der Waals surface area contributed by atoms with Gasteiger partial charge in [0.2, 0.25) is 5.75 Å². The Morgan fingerprint density at radius 2 is 1.48 bits per heavy atom. The lowest BCUT2D eigenvalue weighted by Gasteiger charge is -2.34. The van der Waals surface area contributed by atoms with Crippen LogP contribution in [0.1, 0.15) is 17.5 Å². The number of hydrogen-bond acceptors (Lipinski definition) is 7. The van der Waals surface area contributed by atoms with Crippen LogP contribution in [0, 0.1) is 0 Å². The van der Waals surface area contributed by atoms with Gasteiger partial charge in [-0.2, -0.15) is 0 Å². The van der Waals surface area contributed by atoms with Crippen LogP contribution in [0.5, 0.6) is 17.2 Å². The summed E-state index contributed by atoms with van der Waals surface area (Å²) in [5.41, 5.74) is 2.11. The number of methoxy groups -OCH3 is 3. The van der Waals surface area contributed by atoms with Crippen molar-refractivity contribution in [2.75, 3.05) is 54.1 Å². The predicted octanol–water partition coefficient (Wildman–Crippen LogP) is 2.53. The SMILES string of the molecule is COc1cc(CCC(=O)OCC(=O)N2CCN(Cc3ccccc3)CC2)cc(OC)c1OC. The predicted molar refractivity (Wildman–Crippen MR) is 124 cm³/mol. The van der Waals surface area contributed by atoms with E-state index in [9.17, 15) is 9.59 Å². The zero-order chi connectivity index (χ0) is 23.6. The maximum absolute atomic E-state index is 12.5. The molecule has 8 nitrogen and oxygen atoms in total. The van der Waals surface area contributed by atoms with Crippen molar-refractivity contribution >= 4 is 11.9 Å². The highest BCUT2D eigenvalue weighted by Gasteiger charge is 2.22. The van der Waals surface area contributed by atoms with Crippen molar-refractivity contribution < 1.29 is 28.5 Å². The summed E-state index contributed by atoms with van der Waals surface area (Å²) in [6.07, 6.45) is 0.582. The molecule has 33 heavy (non-hydrogen) atoms. The second kappa shape index (κ2) is 12.1. The summed E-state index contributed by atoms with van der Waals surface area (Å²) in [4.78, 5) is 28.7. The molecule has 2 aromatic rings. The summed E-state index contributed by atoms with van der Waals surface area (Å²) >= 11 is 0. The van der Waals surface area contributed by atoms with E-state index in [2.05, 4.69) is 17.0 Å². The molecule has 0 aliphatic carbocycles. The number of nitrogens with zero attached hydrogens (tertiary/aromatic N) is 2. The zero-order valence-electron chi connectivity index (χ0n) is 19.5. The molecule has 1 saturated heterocycles. The smallest absolute Gasteiger partial charge is 0.306 e. The fourth-order valence-electron chi connectivity index (χ4n) is 3.83. The molecule has 8 heteroatoms. The normalized spacial score (nSPS) is 14.0. The number of hydrogen-bond donors (Lipinski definition) is 0. The first-order chi connectivity index (χ1) is 16.0. The van der Waals surface area contributed by atoms with Gasteiger partial charge in [-0.3, -0.25) is 14.5 Å². The standard InChI is InChI=1S/C25H32N2O6/c1-30-21-15-20(16-22(31-2)25(21)32-3)9-10-24(29)33-18-23(28)27-13-11-26(12-14-27)17-19-7-5-4-6-8-19/h4-8,15-16H,9-14,17-18H2,1-3H3. The monoisotopic (exact) mass is 456 g/mol. The Morgan fingerprint density at radius 3 is 2.06 bits per heavy atom. The third-order valence-corrected chi connectivity index (χ3v) is 5.67. The van der Waals surface area contributed by atoms with Gasteiger partial charge >= 0.3 is 5.97 Å². The van der Waals surface area contributed by atoms with Crippen LogP contribution in [0.25, 0.3) is 0 Å². The zero-order valence-corrected chi connectivity index (χ0v) is 19.5. The summed E-state index contributed by atoms with van der Waals surface area (Å²) < 4.78 is 21.2. The van der Waals surface area contributed by atoms with Crippen LogP contribution in [0.4, 0.5) is 0 Å². The van der Waals surface area contributed by atoms with Gasteiger partial charge in [0, 0.05) is 39.1 Å². The number of carbonyl (C=O) groups excluding carboxylic acids is 2. The molecule has 0 N–H and O–H groups in total. The number of benzene rings is 2. The van der Waals surface area contributed by atoms with Crippen LogP contribution < -0.4 is 14.2 Å². The maximum Gasteiger partial charge on any atom is 0.306 e. The van der Waals surface area contributed by atoms with Crippen molar-refractivity contribution in [3.63, 3.8) is 0 Å². The second-order valence-corrected chi connectivity index (χ2v) is 7.84. The van der Waals surface area contributed by atoms with Crippen LogP contribution in [0.2, 0.25) is 0 Å². The Labute approximate surface area is 195 Å². The molecule has 0 atom stereocenters. The molecule has 1 aliphatic rings. The first kappa shape index (κ1) is 24.4. The maximum atomic E-state index is 12.5. The van der Waals surface area contributed by atoms with Gasteiger partial charge < -0.3 is 23.8 Å². The summed E-state index contributed by atoms with van der Waals surface area (Å²) in [6.45, 7) is 3.51. The minimum atomic E-state index is -0.417. The molecule has 2 aromatic carbocycles. The van der Waals surface area contributed by atoms with E-state index >= 15 is 0 Å². The van der Waals surface area contributed by atoms with Gasteiger partial charge in [-0.05, 0) is 29.7 Å². The molecule has 3 rings (SSSR count). The Hall–Kier alpha value is -3.26. The number of rotatable bonds is 10. The summed E-state index contributed by atoms with van der Waals surface area (Å²) in [5.74, 6) is 0.986. The third kappa shape index (κ3) is 6.86. The lowest BCUT2D eigenvalue weighted by Crippen LogP contribution is -2.49. The van der Waals surface area contributed by atoms with Crippen LogP contribution >= 0.6 is 0 Å². The van der Waals surface area contributed by atoms with Crippen LogP contribution in [0.3, 0.4) is 0 Å². The first-order valence-corrected chi connectivity index (χ1v) is 11.0. The largest absolute Gasteiger partial charge is 0.493 e. The molecular formula is C25H32N2O6. The Bertz CT molecular complexity index is 901. The van der Waals surface area contributed by atoms with E-state index < -0.39 is 5.97 Å². The molecule has 1 aliphatic heterocycles. The van der Waals surface area contributed by atoms with E-state index in [1.165, 1.54) is 12.7 Å². The van der Waals surface area contributed by atoms with Crippen molar-refractivity contribution in [2.24, 2.45) is 0 Å². The fourth-order valence-corrected chi connectivity index (χ4v) is 3.83. The highest BCUT2D eigenvalue weighted by Crippen LogP contribution is 2.38. The lowest BCUT2D eigenvalue weighted by atomic mass is 10.1. The number of amides is 1. The first-order valence-electron chi connectivity index (χ1n) is 11.0. The molecule has 0 bridgehead atoms. The average Bonchev–Trinajstić information content (AvgIpc) is 2.86. The lowest BCUT2D eigenvalue weighted by molar-refractivity contribution is -0.152. The Kier molecular flexibility index (Phi) is 8.95. The molecule has 0 unspecified atom stereocenters. The van der Waals surface area contributed by atoms with E-state index in [1.807, 2.05) is 18.2 Å². The van der Waals surface area contributed by atoms with Crippen LogP contribution in [-0.4, -0.2) is 75.8 Å². The van der Waals surface area contributed by atoms with Crippen LogP contribution in [0.15, 0.2) is 42.5 Å². The molecule has 1 fully saturated rings. The molecule has 0 spiro atoms. The third-order valence-electron chi connectivity index (χ3n) is 5.67. The number of piperazine rings is 1. The van der Waals surface area contributed by atoms with Crippen molar-refractivity contribution in [3.8, 4) is 17.2 Å². The van der Waals surface area contributed by atoms with E-state index in [0.29, 0.717) is 36.8 Å². The van der Waals surface area contributed by atoms with Crippen molar-refractivity contribution in [1.29, 1.82) is 0 Å². The molecular weight excluding hydrogens is 424 g/mol. The minimum absolute atomic E-state index is 0.150. The van der Waals surface area contributed by atoms with Gasteiger partial charge in [-0.15, -0.1) is 0 Å². The molecule has 1 amide bonds. The number of carbonyl (C=O) groups is 2. The molecule has 0 aromatic heterocycles. The summed E-state index contributed by atoms with van der Waals surface area (Å²) in [6, 6.07) is 13.9. The van der Waals surface area contributed by atoms with Crippen LogP contribution in [-0.2, 0) is 27.3 Å². The highest BCUT2D eigenvalue weighted by molar-refractivity contribution is 5.80. The summed E-state index contributed by atoms with van der Waals surface area (Å²) in [7, 11) is 4.63. The quantitative estimate of drug-likeness (QED) is 0.509. The van der Waals surface area contributed by atoms with Gasteiger partial charge in [-0.25, -0.2) is 0 Å². The molecule has 178 valence electrons. The van der Waals surface area contributed by atoms with Crippen molar-refractivity contribution in [3.05, 3.63) is 53.6 Å². The van der Waals surface area contributed by atoms with E-state index in [4.69, 9.17) is 18.9 Å². The molecule has 0 radical (unpaired) electrons. The van der Waals surface area contributed by atoms with E-state index in [1.54, 1.807) is 31.3 Å². The number of esters is 1. The summed E-state index contributed by atoms with van der Waals surface area (Å²) in [5, 5.41) is 0. The fraction of sp³-hybridized carbons (Fsp3) is 0.440. The number of ether oxygens (including phenoxy) is 4. The molecule has 1 heterocycles. The second-order valence-electron chi connectivity index (χ2n) is 7.84. The van der Waals surface area contributed by atoms with Gasteiger partial charge in [0.05, 0.1) is 21.3 Å². The van der Waals surface area contributed by atoms with Gasteiger partial charge in [0.1, 0.15) is 0 Å². The average molecular weight is 457 g/mol. The van der Waals surface area contributed by atoms with Crippen molar-refractivity contribution in [1.82, 2.24) is 9.80 Å². The van der Waals surface area contributed by atoms with Gasteiger partial charge in [-0.1, -0.05) is 30.3 Å². The topological polar surface area (TPSA) is 77.5 Å². The van der Waals surface area contributed by atoms with E-state index in [0.717, 1.165) is 25.2 Å². The Morgan fingerprint density at radius 1 is 0.848 bits per heavy atom. The van der Waals surface area contributed by atoms with Gasteiger partial charge in [0.25, 0.3) is 5.91 Å².